The Labute approximate surface area is 292 Å². The number of carbonyl (C=O) groups excluding carboxylic acids is 1. The number of methoxy groups -OCH3 is 2. The first-order chi connectivity index (χ1) is 24.8. The van der Waals surface area contributed by atoms with Gasteiger partial charge in [0.05, 0.1) is 12.9 Å². The number of nitrogens with one attached hydrogen (secondary N) is 1. The van der Waals surface area contributed by atoms with Gasteiger partial charge in [-0.15, -0.1) is 0 Å². The van der Waals surface area contributed by atoms with Crippen LogP contribution in [0.25, 0.3) is 11.2 Å². The summed E-state index contributed by atoms with van der Waals surface area (Å²) in [6, 6.07) is 24.2. The number of fused-ring (bicyclic) bond motifs is 1. The fraction of sp³-hybridized carbons (Fsp3) is 0.263. The third kappa shape index (κ3) is 6.24. The van der Waals surface area contributed by atoms with Crippen LogP contribution >= 0.6 is 0 Å². The standard InChI is InChI=1S/C38H36FN5O7/c1-48-37(49-2)19-17-26(18-20-37)38(25-13-7-4-8-14-25,27-15-9-10-16-28(27)39)50-21-29-31(45)32(46)36(51-29)44-23-42-30-33(40-22-41-34(30)44)43-35(47)24-11-5-3-6-12-24/h3-19,22-23,29,31-32,36,45-46H,20-21H2,1-2H3,(H,40,41,43,47)/t29-,31-,32-,36-,38?/m1/s1. The Hall–Kier alpha value is -5.15. The number of imidazole rings is 1. The van der Waals surface area contributed by atoms with Gasteiger partial charge in [-0.2, -0.15) is 0 Å². The number of aliphatic hydroxyl groups is 2. The summed E-state index contributed by atoms with van der Waals surface area (Å²) in [7, 11) is 3.09. The van der Waals surface area contributed by atoms with E-state index >= 15 is 4.39 Å². The predicted molar refractivity (Wildman–Crippen MR) is 184 cm³/mol. The van der Waals surface area contributed by atoms with Crippen LogP contribution in [0.2, 0.25) is 0 Å². The van der Waals surface area contributed by atoms with Crippen molar-refractivity contribution in [3.63, 3.8) is 0 Å². The van der Waals surface area contributed by atoms with Gasteiger partial charge < -0.3 is 34.5 Å². The van der Waals surface area contributed by atoms with E-state index in [4.69, 9.17) is 18.9 Å². The highest BCUT2D eigenvalue weighted by Crippen LogP contribution is 2.46. The fourth-order valence-corrected chi connectivity index (χ4v) is 6.60. The van der Waals surface area contributed by atoms with Crippen molar-refractivity contribution >= 4 is 22.9 Å². The van der Waals surface area contributed by atoms with Crippen molar-refractivity contribution in [2.75, 3.05) is 26.1 Å². The molecule has 1 aliphatic carbocycles. The van der Waals surface area contributed by atoms with E-state index < -0.39 is 41.7 Å². The molecule has 3 aromatic carbocycles. The largest absolute Gasteiger partial charge is 0.387 e. The Kier molecular flexibility index (Phi) is 9.57. The smallest absolute Gasteiger partial charge is 0.256 e. The molecule has 13 heteroatoms. The van der Waals surface area contributed by atoms with Crippen LogP contribution in [-0.4, -0.2) is 80.6 Å². The number of rotatable bonds is 11. The Morgan fingerprint density at radius 2 is 1.69 bits per heavy atom. The van der Waals surface area contributed by atoms with E-state index in [2.05, 4.69) is 20.3 Å². The summed E-state index contributed by atoms with van der Waals surface area (Å²) in [6.45, 7) is -0.261. The number of hydrogen-bond acceptors (Lipinski definition) is 10. The topological polar surface area (TPSA) is 150 Å². The molecular formula is C38H36FN5O7. The molecule has 3 heterocycles. The molecule has 51 heavy (non-hydrogen) atoms. The van der Waals surface area contributed by atoms with Gasteiger partial charge in [0, 0.05) is 31.8 Å². The fourth-order valence-electron chi connectivity index (χ4n) is 6.60. The van der Waals surface area contributed by atoms with Gasteiger partial charge in [-0.25, -0.2) is 19.3 Å². The zero-order valence-electron chi connectivity index (χ0n) is 27.8. The van der Waals surface area contributed by atoms with Crippen molar-refractivity contribution in [3.8, 4) is 0 Å². The van der Waals surface area contributed by atoms with Crippen LogP contribution in [0.4, 0.5) is 10.2 Å². The van der Waals surface area contributed by atoms with Crippen molar-refractivity contribution < 1.29 is 38.3 Å². The lowest BCUT2D eigenvalue weighted by molar-refractivity contribution is -0.168. The second-order valence-electron chi connectivity index (χ2n) is 12.2. The minimum Gasteiger partial charge on any atom is -0.387 e. The van der Waals surface area contributed by atoms with Gasteiger partial charge in [0.15, 0.2) is 29.0 Å². The Balaban J connectivity index is 1.20. The summed E-state index contributed by atoms with van der Waals surface area (Å²) >= 11 is 0. The number of aliphatic hydroxyl groups excluding tert-OH is 2. The minimum atomic E-state index is -1.51. The second-order valence-corrected chi connectivity index (χ2v) is 12.2. The maximum atomic E-state index is 15.9. The van der Waals surface area contributed by atoms with Crippen molar-refractivity contribution in [1.29, 1.82) is 0 Å². The van der Waals surface area contributed by atoms with Gasteiger partial charge in [-0.3, -0.25) is 9.36 Å². The third-order valence-corrected chi connectivity index (χ3v) is 9.36. The molecular weight excluding hydrogens is 657 g/mol. The van der Waals surface area contributed by atoms with E-state index in [-0.39, 0.29) is 35.1 Å². The van der Waals surface area contributed by atoms with E-state index in [0.29, 0.717) is 23.1 Å². The maximum absolute atomic E-state index is 15.9. The number of carbonyl (C=O) groups is 1. The van der Waals surface area contributed by atoms with E-state index in [9.17, 15) is 15.0 Å². The molecule has 1 aliphatic heterocycles. The molecule has 3 N–H and O–H groups in total. The minimum absolute atomic E-state index is 0.165. The van der Waals surface area contributed by atoms with E-state index in [0.717, 1.165) is 0 Å². The summed E-state index contributed by atoms with van der Waals surface area (Å²) in [5, 5.41) is 25.4. The van der Waals surface area contributed by atoms with Gasteiger partial charge in [-0.1, -0.05) is 78.9 Å². The number of anilines is 1. The van der Waals surface area contributed by atoms with Crippen LogP contribution in [-0.2, 0) is 24.5 Å². The first-order valence-electron chi connectivity index (χ1n) is 16.3. The first-order valence-corrected chi connectivity index (χ1v) is 16.3. The monoisotopic (exact) mass is 693 g/mol. The molecule has 5 aromatic rings. The van der Waals surface area contributed by atoms with Crippen LogP contribution in [0.5, 0.6) is 0 Å². The number of benzene rings is 3. The number of nitrogens with zero attached hydrogens (tertiary/aromatic N) is 4. The molecule has 2 aliphatic rings. The van der Waals surface area contributed by atoms with Crippen molar-refractivity contribution in [2.45, 2.75) is 42.3 Å². The van der Waals surface area contributed by atoms with E-state index in [1.54, 1.807) is 74.9 Å². The lowest BCUT2D eigenvalue weighted by Gasteiger charge is -2.40. The molecule has 262 valence electrons. The van der Waals surface area contributed by atoms with Crippen LogP contribution < -0.4 is 5.32 Å². The third-order valence-electron chi connectivity index (χ3n) is 9.36. The molecule has 1 saturated heterocycles. The van der Waals surface area contributed by atoms with Gasteiger partial charge in [-0.05, 0) is 35.4 Å². The summed E-state index contributed by atoms with van der Waals surface area (Å²) in [4.78, 5) is 25.8. The lowest BCUT2D eigenvalue weighted by atomic mass is 9.77. The van der Waals surface area contributed by atoms with Gasteiger partial charge >= 0.3 is 0 Å². The number of halogens is 1. The highest BCUT2D eigenvalue weighted by atomic mass is 19.1. The molecule has 0 radical (unpaired) electrons. The van der Waals surface area contributed by atoms with Crippen LogP contribution in [0.15, 0.2) is 121 Å². The van der Waals surface area contributed by atoms with Crippen molar-refractivity contribution in [3.05, 3.63) is 144 Å². The quantitative estimate of drug-likeness (QED) is 0.167. The highest BCUT2D eigenvalue weighted by Gasteiger charge is 2.48. The normalized spacial score (nSPS) is 22.4. The molecule has 7 rings (SSSR count). The molecule has 1 fully saturated rings. The molecule has 1 unspecified atom stereocenters. The first kappa shape index (κ1) is 34.3. The highest BCUT2D eigenvalue weighted by molar-refractivity contribution is 6.06. The molecule has 12 nitrogen and oxygen atoms in total. The molecule has 0 spiro atoms. The number of hydrogen-bond donors (Lipinski definition) is 3. The van der Waals surface area contributed by atoms with Crippen LogP contribution in [0.3, 0.4) is 0 Å². The summed E-state index contributed by atoms with van der Waals surface area (Å²) in [5.74, 6) is -1.73. The summed E-state index contributed by atoms with van der Waals surface area (Å²) in [6.07, 6.45) is 3.34. The van der Waals surface area contributed by atoms with E-state index in [1.165, 1.54) is 23.3 Å². The maximum Gasteiger partial charge on any atom is 0.256 e. The Morgan fingerprint density at radius 3 is 2.37 bits per heavy atom. The number of amides is 1. The predicted octanol–water partition coefficient (Wildman–Crippen LogP) is 4.67. The Morgan fingerprint density at radius 1 is 0.980 bits per heavy atom. The van der Waals surface area contributed by atoms with Crippen LogP contribution in [0, 0.1) is 5.82 Å². The van der Waals surface area contributed by atoms with Gasteiger partial charge in [0.25, 0.3) is 5.91 Å². The van der Waals surface area contributed by atoms with Gasteiger partial charge in [0.1, 0.15) is 36.1 Å². The lowest BCUT2D eigenvalue weighted by Crippen LogP contribution is -2.41. The molecule has 0 bridgehead atoms. The zero-order valence-corrected chi connectivity index (χ0v) is 27.8. The molecule has 5 atom stereocenters. The average Bonchev–Trinajstić information content (AvgIpc) is 3.73. The second kappa shape index (κ2) is 14.2. The SMILES string of the molecule is COC1(OC)C=CC(C(OC[C@H]2O[C@@H](n3cnc4c(NC(=O)c5ccccc5)ncnc43)[C@H](O)[C@@H]2O)(c2ccccc2)c2ccccc2F)=CC1. The Bertz CT molecular complexity index is 2070. The number of aromatic nitrogens is 4. The number of ether oxygens (including phenoxy) is 4. The van der Waals surface area contributed by atoms with Crippen LogP contribution in [0.1, 0.15) is 34.1 Å². The molecule has 2 aromatic heterocycles. The zero-order chi connectivity index (χ0) is 35.6. The van der Waals surface area contributed by atoms with E-state index in [1.807, 2.05) is 36.4 Å². The van der Waals surface area contributed by atoms with Crippen molar-refractivity contribution in [2.24, 2.45) is 0 Å². The summed E-state index contributed by atoms with van der Waals surface area (Å²) < 4.78 is 41.7. The van der Waals surface area contributed by atoms with Gasteiger partial charge in [0.2, 0.25) is 0 Å². The average molecular weight is 694 g/mol. The molecule has 0 saturated carbocycles. The summed E-state index contributed by atoms with van der Waals surface area (Å²) in [5.41, 5.74) is 0.908. The van der Waals surface area contributed by atoms with Crippen molar-refractivity contribution in [1.82, 2.24) is 19.5 Å². The molecule has 1 amide bonds.